The van der Waals surface area contributed by atoms with Crippen LogP contribution in [0.25, 0.3) is 0 Å². The number of carbonyl (C=O) groups excluding carboxylic acids is 12. The molecule has 4 fully saturated rings. The Labute approximate surface area is 592 Å². The summed E-state index contributed by atoms with van der Waals surface area (Å²) in [5.41, 5.74) is -0.850. The number of carbonyl (C=O) groups is 12. The lowest BCUT2D eigenvalue weighted by Gasteiger charge is -2.42. The van der Waals surface area contributed by atoms with Crippen LogP contribution in [-0.2, 0) is 76.6 Å². The number of piperidine rings is 1. The number of alkyl halides is 3. The number of amides is 12. The zero-order valence-corrected chi connectivity index (χ0v) is 61.6. The van der Waals surface area contributed by atoms with Crippen molar-refractivity contribution in [2.45, 2.75) is 205 Å². The minimum Gasteiger partial charge on any atom is -0.343 e. The van der Waals surface area contributed by atoms with Crippen LogP contribution in [0.3, 0.4) is 0 Å². The maximum absolute atomic E-state index is 15.5. The molecule has 0 radical (unpaired) electrons. The van der Waals surface area contributed by atoms with Crippen molar-refractivity contribution in [3.8, 4) is 0 Å². The molecule has 12 amide bonds. The van der Waals surface area contributed by atoms with Gasteiger partial charge in [-0.15, -0.1) is 0 Å². The second-order valence-corrected chi connectivity index (χ2v) is 29.0. The minimum absolute atomic E-state index is 0.0160. The molecular formula is C72H106ClF3N12O12. The first kappa shape index (κ1) is 81.1. The van der Waals surface area contributed by atoms with E-state index in [0.29, 0.717) is 63.6 Å². The second kappa shape index (κ2) is 35.7. The van der Waals surface area contributed by atoms with Gasteiger partial charge in [0.15, 0.2) is 0 Å². The molecular weight excluding hydrogens is 1320 g/mol. The number of likely N-dealkylation sites (tertiary alicyclic amines) is 1. The maximum atomic E-state index is 15.5. The number of aryl methyl sites for hydroxylation is 2. The van der Waals surface area contributed by atoms with Gasteiger partial charge in [0.25, 0.3) is 0 Å². The quantitative estimate of drug-likeness (QED) is 0.239. The molecule has 0 bridgehead atoms. The molecule has 0 unspecified atom stereocenters. The SMILES string of the molecule is CC[C@H](C)[C@@H]1NC(=O)[C@H](CC(C)C)N(C)C(=O)C[C@@H](C(=O)N2CCCCC2)N(C)C(=O)[C@H]([C@@H](C)CC)N(C)C(=O)C2(CCCC2)NC(=O)[C@@H]2CCCN2C(=O)[C@H](CCc2ccc(C(F)(F)F)c(Cl)c2)NC(=O)CN(C)C(=O)[C@H](Cc2ccc(C)cc2)N(C)C(=O)CN(C)C(=O)CN(C)C1=O. The van der Waals surface area contributed by atoms with E-state index in [-0.39, 0.29) is 63.0 Å². The standard InChI is InChI=1S/C72H106ClF3N12O12/c1-15-46(6)61-68(98)82(10)42-59(91)80(8)43-60(92)84(12)55(39-49-26-24-45(5)25-27-49)66(96)81(9)41-57(89)77-52(31-29-48-28-30-50(51(73)38-48)72(74,75)76)65(95)88-36-22-23-53(88)64(94)79-71(32-18-19-33-71)70(100)86(14)62(47(7)16-2)69(99)85(13)56(67(97)87-34-20-17-21-35-87)40-58(90)83(11)54(37-44(3)4)63(93)78-61/h24-28,30,38,44,46-47,52-56,61-62H,15-23,29,31-37,39-43H2,1-14H3,(H,77,89)(H,78,93)(H,79,94)/t46-,47-,52-,53-,54-,55-,56-,61-,62-/m0/s1. The number of nitrogens with one attached hydrogen (secondary N) is 3. The summed E-state index contributed by atoms with van der Waals surface area (Å²) in [6, 6.07) is 1.26. The molecule has 24 nitrogen and oxygen atoms in total. The van der Waals surface area contributed by atoms with E-state index in [4.69, 9.17) is 11.6 Å². The van der Waals surface area contributed by atoms with Crippen molar-refractivity contribution >= 4 is 82.5 Å². The fourth-order valence-electron chi connectivity index (χ4n) is 13.9. The molecule has 3 aliphatic heterocycles. The Bertz CT molecular complexity index is 3290. The largest absolute Gasteiger partial charge is 0.417 e. The molecule has 28 heteroatoms. The maximum Gasteiger partial charge on any atom is 0.417 e. The third-order valence-corrected chi connectivity index (χ3v) is 21.0. The highest BCUT2D eigenvalue weighted by molar-refractivity contribution is 6.31. The van der Waals surface area contributed by atoms with Crippen molar-refractivity contribution in [3.63, 3.8) is 0 Å². The number of rotatable bonds is 12. The van der Waals surface area contributed by atoms with Gasteiger partial charge in [-0.05, 0) is 112 Å². The molecule has 6 rings (SSSR count). The molecule has 3 saturated heterocycles. The summed E-state index contributed by atoms with van der Waals surface area (Å²) in [6.45, 7) is 11.7. The molecule has 3 heterocycles. The van der Waals surface area contributed by atoms with Crippen molar-refractivity contribution in [2.24, 2.45) is 17.8 Å². The average molecular weight is 1420 g/mol. The number of likely N-dealkylation sites (N-methyl/N-ethyl adjacent to an activating group) is 7. The summed E-state index contributed by atoms with van der Waals surface area (Å²) in [7, 11) is 9.72. The lowest BCUT2D eigenvalue weighted by atomic mass is 9.90. The second-order valence-electron chi connectivity index (χ2n) is 28.6. The zero-order valence-electron chi connectivity index (χ0n) is 60.8. The van der Waals surface area contributed by atoms with Crippen LogP contribution in [0.4, 0.5) is 13.2 Å². The molecule has 554 valence electrons. The monoisotopic (exact) mass is 1420 g/mol. The molecule has 1 aliphatic carbocycles. The van der Waals surface area contributed by atoms with Gasteiger partial charge < -0.3 is 60.0 Å². The summed E-state index contributed by atoms with van der Waals surface area (Å²) in [6.07, 6.45) is -0.921. The first-order valence-corrected chi connectivity index (χ1v) is 35.6. The number of benzene rings is 2. The van der Waals surface area contributed by atoms with Crippen molar-refractivity contribution in [1.29, 1.82) is 0 Å². The number of hydrogen-bond acceptors (Lipinski definition) is 12. The van der Waals surface area contributed by atoms with Crippen LogP contribution < -0.4 is 16.0 Å². The van der Waals surface area contributed by atoms with E-state index in [1.165, 1.54) is 75.0 Å². The van der Waals surface area contributed by atoms with Gasteiger partial charge in [0, 0.05) is 75.4 Å². The van der Waals surface area contributed by atoms with E-state index < -0.39 is 173 Å². The smallest absolute Gasteiger partial charge is 0.343 e. The first-order valence-electron chi connectivity index (χ1n) is 35.2. The summed E-state index contributed by atoms with van der Waals surface area (Å²) in [4.78, 5) is 190. The average Bonchev–Trinajstić information content (AvgIpc) is 1.24. The highest BCUT2D eigenvalue weighted by Crippen LogP contribution is 2.37. The van der Waals surface area contributed by atoms with Crippen molar-refractivity contribution in [3.05, 3.63) is 69.7 Å². The van der Waals surface area contributed by atoms with Crippen LogP contribution in [0.15, 0.2) is 42.5 Å². The third kappa shape index (κ3) is 20.2. The molecule has 4 aliphatic rings. The highest BCUT2D eigenvalue weighted by Gasteiger charge is 2.51. The van der Waals surface area contributed by atoms with Gasteiger partial charge >= 0.3 is 6.18 Å². The highest BCUT2D eigenvalue weighted by atomic mass is 35.5. The number of halogens is 4. The first-order chi connectivity index (χ1) is 47.0. The lowest BCUT2D eigenvalue weighted by Crippen LogP contribution is -2.65. The predicted octanol–water partition coefficient (Wildman–Crippen LogP) is 5.47. The lowest BCUT2D eigenvalue weighted by molar-refractivity contribution is -0.156. The molecule has 9 atom stereocenters. The number of hydrogen-bond donors (Lipinski definition) is 3. The predicted molar refractivity (Wildman–Crippen MR) is 370 cm³/mol. The Balaban J connectivity index is 1.44. The molecule has 1 spiro atoms. The van der Waals surface area contributed by atoms with Crippen LogP contribution >= 0.6 is 11.6 Å². The fraction of sp³-hybridized carbons (Fsp3) is 0.667. The van der Waals surface area contributed by atoms with Gasteiger partial charge in [0.1, 0.15) is 47.8 Å². The van der Waals surface area contributed by atoms with Crippen molar-refractivity contribution in [2.75, 3.05) is 88.6 Å². The molecule has 2 aromatic rings. The topological polar surface area (TPSA) is 270 Å². The number of nitrogens with zero attached hydrogens (tertiary/aromatic N) is 9. The van der Waals surface area contributed by atoms with Crippen LogP contribution in [0.1, 0.15) is 154 Å². The van der Waals surface area contributed by atoms with Crippen LogP contribution in [-0.4, -0.2) is 251 Å². The Kier molecular flexibility index (Phi) is 28.9. The van der Waals surface area contributed by atoms with Gasteiger partial charge in [-0.25, -0.2) is 0 Å². The van der Waals surface area contributed by atoms with Gasteiger partial charge in [-0.3, -0.25) is 57.5 Å². The minimum atomic E-state index is -4.77. The Hall–Kier alpha value is -7.84. The third-order valence-electron chi connectivity index (χ3n) is 20.7. The summed E-state index contributed by atoms with van der Waals surface area (Å²) >= 11 is 6.14. The van der Waals surface area contributed by atoms with E-state index in [9.17, 15) is 46.7 Å². The zero-order chi connectivity index (χ0) is 74.4. The van der Waals surface area contributed by atoms with Crippen LogP contribution in [0.5, 0.6) is 0 Å². The fourth-order valence-corrected chi connectivity index (χ4v) is 14.2. The van der Waals surface area contributed by atoms with E-state index in [1.807, 2.05) is 46.8 Å². The summed E-state index contributed by atoms with van der Waals surface area (Å²) < 4.78 is 41.6. The van der Waals surface area contributed by atoms with Crippen LogP contribution in [0.2, 0.25) is 5.02 Å². The summed E-state index contributed by atoms with van der Waals surface area (Å²) in [5.74, 6) is -9.42. The Morgan fingerprint density at radius 3 is 1.80 bits per heavy atom. The molecule has 3 N–H and O–H groups in total. The summed E-state index contributed by atoms with van der Waals surface area (Å²) in [5, 5.41) is 8.06. The van der Waals surface area contributed by atoms with Gasteiger partial charge in [-0.1, -0.05) is 115 Å². The Morgan fingerprint density at radius 2 is 1.21 bits per heavy atom. The molecule has 0 aromatic heterocycles. The van der Waals surface area contributed by atoms with Crippen molar-refractivity contribution < 1.29 is 70.7 Å². The van der Waals surface area contributed by atoms with Gasteiger partial charge in [0.05, 0.1) is 36.6 Å². The van der Waals surface area contributed by atoms with Crippen molar-refractivity contribution in [1.82, 2.24) is 60.0 Å². The molecule has 2 aromatic carbocycles. The number of fused-ring (bicyclic) bond motifs is 1. The van der Waals surface area contributed by atoms with Gasteiger partial charge in [-0.2, -0.15) is 13.2 Å². The van der Waals surface area contributed by atoms with Crippen LogP contribution in [0, 0.1) is 24.7 Å². The van der Waals surface area contributed by atoms with Gasteiger partial charge in [0.2, 0.25) is 70.9 Å². The molecule has 1 saturated carbocycles. The van der Waals surface area contributed by atoms with E-state index >= 15 is 24.0 Å². The Morgan fingerprint density at radius 1 is 0.620 bits per heavy atom. The molecule has 100 heavy (non-hydrogen) atoms. The van der Waals surface area contributed by atoms with E-state index in [2.05, 4.69) is 16.0 Å². The van der Waals surface area contributed by atoms with E-state index in [0.717, 1.165) is 43.7 Å². The normalized spacial score (nSPS) is 25.0. The van der Waals surface area contributed by atoms with E-state index in [1.54, 1.807) is 30.9 Å².